The third kappa shape index (κ3) is 2.70. The van der Waals surface area contributed by atoms with Crippen molar-refractivity contribution in [2.45, 2.75) is 25.3 Å². The molecule has 0 amide bonds. The zero-order valence-corrected chi connectivity index (χ0v) is 10.6. The van der Waals surface area contributed by atoms with Crippen molar-refractivity contribution in [1.82, 2.24) is 20.5 Å². The van der Waals surface area contributed by atoms with Crippen LogP contribution < -0.4 is 5.32 Å². The predicted molar refractivity (Wildman–Crippen MR) is 67.8 cm³/mol. The second kappa shape index (κ2) is 5.07. The highest BCUT2D eigenvalue weighted by Crippen LogP contribution is 2.25. The Labute approximate surface area is 108 Å². The number of nitrogens with zero attached hydrogens (tertiary/aromatic N) is 3. The van der Waals surface area contributed by atoms with Crippen LogP contribution in [0.1, 0.15) is 17.8 Å². The first kappa shape index (κ1) is 11.7. The Hall–Kier alpha value is -1.40. The van der Waals surface area contributed by atoms with Crippen molar-refractivity contribution in [3.63, 3.8) is 0 Å². The van der Waals surface area contributed by atoms with E-state index in [-0.39, 0.29) is 5.82 Å². The number of hydrogen-bond acceptors (Lipinski definition) is 5. The molecule has 2 heterocycles. The van der Waals surface area contributed by atoms with Crippen LogP contribution >= 0.6 is 11.3 Å². The summed E-state index contributed by atoms with van der Waals surface area (Å²) in [4.78, 5) is 3.72. The highest BCUT2D eigenvalue weighted by Gasteiger charge is 2.20. The van der Waals surface area contributed by atoms with Gasteiger partial charge in [-0.3, -0.25) is 4.98 Å². The monoisotopic (exact) mass is 264 g/mol. The zero-order valence-electron chi connectivity index (χ0n) is 9.77. The first-order chi connectivity index (χ1) is 8.83. The predicted octanol–water partition coefficient (Wildman–Crippen LogP) is 2.03. The molecule has 1 aliphatic carbocycles. The van der Waals surface area contributed by atoms with Gasteiger partial charge in [0, 0.05) is 25.2 Å². The molecule has 0 bridgehead atoms. The average Bonchev–Trinajstić information content (AvgIpc) is 3.08. The van der Waals surface area contributed by atoms with Gasteiger partial charge >= 0.3 is 0 Å². The zero-order chi connectivity index (χ0) is 12.4. The number of pyridine rings is 1. The molecule has 1 saturated carbocycles. The van der Waals surface area contributed by atoms with Gasteiger partial charge in [-0.2, -0.15) is 0 Å². The molecule has 4 nitrogen and oxygen atoms in total. The second-order valence-corrected chi connectivity index (χ2v) is 5.40. The standard InChI is InChI=1S/C12H13FN4S/c13-10-7-14-5-3-9(10)12-17-16-11(18-12)4-6-15-8-1-2-8/h3,5,7-8,15H,1-2,4,6H2. The van der Waals surface area contributed by atoms with Crippen molar-refractivity contribution in [3.05, 3.63) is 29.3 Å². The molecule has 0 unspecified atom stereocenters. The minimum Gasteiger partial charge on any atom is -0.314 e. The third-order valence-corrected chi connectivity index (χ3v) is 3.84. The van der Waals surface area contributed by atoms with Crippen LogP contribution in [0.4, 0.5) is 4.39 Å². The van der Waals surface area contributed by atoms with Gasteiger partial charge in [0.2, 0.25) is 0 Å². The Bertz CT molecular complexity index is 538. The van der Waals surface area contributed by atoms with Crippen molar-refractivity contribution in [3.8, 4) is 10.6 Å². The van der Waals surface area contributed by atoms with E-state index >= 15 is 0 Å². The van der Waals surface area contributed by atoms with Crippen molar-refractivity contribution >= 4 is 11.3 Å². The van der Waals surface area contributed by atoms with E-state index in [0.717, 1.165) is 18.0 Å². The van der Waals surface area contributed by atoms with Gasteiger partial charge in [-0.1, -0.05) is 11.3 Å². The summed E-state index contributed by atoms with van der Waals surface area (Å²) >= 11 is 1.44. The molecule has 0 radical (unpaired) electrons. The lowest BCUT2D eigenvalue weighted by molar-refractivity contribution is 0.624. The van der Waals surface area contributed by atoms with E-state index in [1.165, 1.54) is 30.4 Å². The number of hydrogen-bond donors (Lipinski definition) is 1. The van der Waals surface area contributed by atoms with E-state index in [4.69, 9.17) is 0 Å². The molecule has 0 atom stereocenters. The van der Waals surface area contributed by atoms with E-state index in [1.54, 1.807) is 12.3 Å². The number of aromatic nitrogens is 3. The van der Waals surface area contributed by atoms with Gasteiger partial charge in [0.05, 0.1) is 11.8 Å². The summed E-state index contributed by atoms with van der Waals surface area (Å²) in [7, 11) is 0. The highest BCUT2D eigenvalue weighted by molar-refractivity contribution is 7.14. The first-order valence-electron chi connectivity index (χ1n) is 5.98. The Balaban J connectivity index is 1.66. The van der Waals surface area contributed by atoms with Gasteiger partial charge in [-0.15, -0.1) is 10.2 Å². The number of halogens is 1. The SMILES string of the molecule is Fc1cnccc1-c1nnc(CCNC2CC2)s1. The molecule has 6 heteroatoms. The van der Waals surface area contributed by atoms with Crippen LogP contribution in [0.2, 0.25) is 0 Å². The van der Waals surface area contributed by atoms with Crippen molar-refractivity contribution < 1.29 is 4.39 Å². The summed E-state index contributed by atoms with van der Waals surface area (Å²) in [5.74, 6) is -0.351. The van der Waals surface area contributed by atoms with Crippen LogP contribution in [0.5, 0.6) is 0 Å². The van der Waals surface area contributed by atoms with E-state index < -0.39 is 0 Å². The Kier molecular flexibility index (Phi) is 3.29. The Morgan fingerprint density at radius 3 is 3.06 bits per heavy atom. The smallest absolute Gasteiger partial charge is 0.151 e. The van der Waals surface area contributed by atoms with Gasteiger partial charge in [0.25, 0.3) is 0 Å². The molecule has 1 aliphatic rings. The summed E-state index contributed by atoms with van der Waals surface area (Å²) in [5.41, 5.74) is 0.476. The molecular weight excluding hydrogens is 251 g/mol. The molecule has 2 aromatic heterocycles. The Morgan fingerprint density at radius 2 is 2.28 bits per heavy atom. The third-order valence-electron chi connectivity index (χ3n) is 2.82. The van der Waals surface area contributed by atoms with E-state index in [1.807, 2.05) is 0 Å². The van der Waals surface area contributed by atoms with Gasteiger partial charge in [-0.25, -0.2) is 4.39 Å². The maximum atomic E-state index is 13.5. The molecule has 0 aliphatic heterocycles. The van der Waals surface area contributed by atoms with Crippen LogP contribution in [0.15, 0.2) is 18.5 Å². The fourth-order valence-corrected chi connectivity index (χ4v) is 2.55. The second-order valence-electron chi connectivity index (χ2n) is 4.33. The first-order valence-corrected chi connectivity index (χ1v) is 6.80. The van der Waals surface area contributed by atoms with E-state index in [2.05, 4.69) is 20.5 Å². The van der Waals surface area contributed by atoms with Gasteiger partial charge in [0.15, 0.2) is 10.8 Å². The number of rotatable bonds is 5. The van der Waals surface area contributed by atoms with Crippen LogP contribution in [-0.4, -0.2) is 27.8 Å². The van der Waals surface area contributed by atoms with Gasteiger partial charge in [0.1, 0.15) is 5.01 Å². The van der Waals surface area contributed by atoms with Crippen LogP contribution in [0.3, 0.4) is 0 Å². The van der Waals surface area contributed by atoms with Gasteiger partial charge in [-0.05, 0) is 18.9 Å². The summed E-state index contributed by atoms with van der Waals surface area (Å²) in [6.45, 7) is 0.915. The van der Waals surface area contributed by atoms with Crippen LogP contribution in [0, 0.1) is 5.82 Å². The lowest BCUT2D eigenvalue weighted by Crippen LogP contribution is -2.19. The molecule has 18 heavy (non-hydrogen) atoms. The molecule has 0 aromatic carbocycles. The summed E-state index contributed by atoms with van der Waals surface area (Å²) < 4.78 is 13.5. The fraction of sp³-hybridized carbons (Fsp3) is 0.417. The average molecular weight is 264 g/mol. The number of nitrogens with one attached hydrogen (secondary N) is 1. The molecule has 2 aromatic rings. The maximum absolute atomic E-state index is 13.5. The molecular formula is C12H13FN4S. The minimum atomic E-state index is -0.351. The van der Waals surface area contributed by atoms with E-state index in [9.17, 15) is 4.39 Å². The van der Waals surface area contributed by atoms with Crippen LogP contribution in [0.25, 0.3) is 10.6 Å². The summed E-state index contributed by atoms with van der Waals surface area (Å²) in [6.07, 6.45) is 6.17. The molecule has 3 rings (SSSR count). The van der Waals surface area contributed by atoms with Crippen LogP contribution in [-0.2, 0) is 6.42 Å². The minimum absolute atomic E-state index is 0.351. The van der Waals surface area contributed by atoms with Gasteiger partial charge < -0.3 is 5.32 Å². The quantitative estimate of drug-likeness (QED) is 0.897. The van der Waals surface area contributed by atoms with Crippen molar-refractivity contribution in [1.29, 1.82) is 0 Å². The lowest BCUT2D eigenvalue weighted by atomic mass is 10.3. The molecule has 94 valence electrons. The van der Waals surface area contributed by atoms with Crippen molar-refractivity contribution in [2.24, 2.45) is 0 Å². The fourth-order valence-electron chi connectivity index (χ4n) is 1.68. The lowest BCUT2D eigenvalue weighted by Gasteiger charge is -1.98. The highest BCUT2D eigenvalue weighted by atomic mass is 32.1. The summed E-state index contributed by atoms with van der Waals surface area (Å²) in [5, 5.41) is 13.1. The largest absolute Gasteiger partial charge is 0.314 e. The molecule has 0 spiro atoms. The molecule has 1 N–H and O–H groups in total. The maximum Gasteiger partial charge on any atom is 0.151 e. The molecule has 1 fully saturated rings. The summed E-state index contributed by atoms with van der Waals surface area (Å²) in [6, 6.07) is 2.33. The Morgan fingerprint density at radius 1 is 1.39 bits per heavy atom. The van der Waals surface area contributed by atoms with Crippen molar-refractivity contribution in [2.75, 3.05) is 6.54 Å². The topological polar surface area (TPSA) is 50.7 Å². The van der Waals surface area contributed by atoms with E-state index in [0.29, 0.717) is 16.6 Å². The normalized spacial score (nSPS) is 14.9. The molecule has 0 saturated heterocycles.